The monoisotopic (exact) mass is 269 g/mol. The third-order valence-electron chi connectivity index (χ3n) is 4.17. The fourth-order valence-electron chi connectivity index (χ4n) is 3.05. The maximum Gasteiger partial charge on any atom is 0.160 e. The molecule has 0 aliphatic carbocycles. The van der Waals surface area contributed by atoms with E-state index in [0.717, 1.165) is 36.2 Å². The average Bonchev–Trinajstić information content (AvgIpc) is 2.68. The van der Waals surface area contributed by atoms with Crippen LogP contribution in [0.4, 0.5) is 0 Å². The third kappa shape index (κ3) is 2.14. The molecule has 104 valence electrons. The quantitative estimate of drug-likeness (QED) is 0.698. The highest BCUT2D eigenvalue weighted by molar-refractivity contribution is 5.55. The van der Waals surface area contributed by atoms with Gasteiger partial charge in [0.15, 0.2) is 11.5 Å². The van der Waals surface area contributed by atoms with Gasteiger partial charge in [-0.2, -0.15) is 0 Å². The normalized spacial score (nSPS) is 18.4. The van der Waals surface area contributed by atoms with E-state index in [0.29, 0.717) is 0 Å². The Balaban J connectivity index is 2.17. The van der Waals surface area contributed by atoms with Gasteiger partial charge >= 0.3 is 0 Å². The summed E-state index contributed by atoms with van der Waals surface area (Å²) in [6, 6.07) is 12.0. The van der Waals surface area contributed by atoms with Crippen LogP contribution < -0.4 is 5.32 Å². The molecule has 2 aromatic rings. The summed E-state index contributed by atoms with van der Waals surface area (Å²) >= 11 is 0. The third-order valence-corrected chi connectivity index (χ3v) is 4.17. The van der Waals surface area contributed by atoms with E-state index in [1.165, 1.54) is 5.56 Å². The van der Waals surface area contributed by atoms with Crippen LogP contribution in [0.5, 0.6) is 11.5 Å². The molecule has 0 radical (unpaired) electrons. The molecule has 0 amide bonds. The summed E-state index contributed by atoms with van der Waals surface area (Å²) in [6.07, 6.45) is 0.873. The number of rotatable bonds is 1. The Morgan fingerprint density at radius 3 is 2.65 bits per heavy atom. The summed E-state index contributed by atoms with van der Waals surface area (Å²) < 4.78 is 0. The van der Waals surface area contributed by atoms with Gasteiger partial charge in [-0.3, -0.25) is 0 Å². The maximum atomic E-state index is 9.94. The first-order valence-electron chi connectivity index (χ1n) is 6.98. The van der Waals surface area contributed by atoms with Crippen LogP contribution in [0.1, 0.15) is 28.2 Å². The summed E-state index contributed by atoms with van der Waals surface area (Å²) in [7, 11) is 0. The lowest BCUT2D eigenvalue weighted by atomic mass is 9.86. The van der Waals surface area contributed by atoms with Gasteiger partial charge in [0, 0.05) is 12.5 Å². The molecule has 1 atom stereocenters. The van der Waals surface area contributed by atoms with Crippen LogP contribution in [-0.2, 0) is 6.42 Å². The largest absolute Gasteiger partial charge is 0.504 e. The zero-order valence-electron chi connectivity index (χ0n) is 11.6. The number of fused-ring (bicyclic) bond motifs is 1. The van der Waals surface area contributed by atoms with Gasteiger partial charge in [0.05, 0.1) is 0 Å². The second-order valence-corrected chi connectivity index (χ2v) is 5.35. The first-order valence-corrected chi connectivity index (χ1v) is 6.98. The number of phenolic OH excluding ortho intramolecular Hbond substituents is 2. The summed E-state index contributed by atoms with van der Waals surface area (Å²) in [5, 5.41) is 23.3. The lowest BCUT2D eigenvalue weighted by molar-refractivity contribution is 0.399. The minimum absolute atomic E-state index is 0.0115. The van der Waals surface area contributed by atoms with Crippen molar-refractivity contribution in [1.29, 1.82) is 0 Å². The molecule has 3 N–H and O–H groups in total. The van der Waals surface area contributed by atoms with Gasteiger partial charge in [-0.15, -0.1) is 0 Å². The zero-order chi connectivity index (χ0) is 14.1. The van der Waals surface area contributed by atoms with Gasteiger partial charge in [-0.05, 0) is 48.2 Å². The molecular formula is C17H19NO2. The van der Waals surface area contributed by atoms with Crippen LogP contribution in [-0.4, -0.2) is 23.3 Å². The Bertz CT molecular complexity index is 623. The lowest BCUT2D eigenvalue weighted by Crippen LogP contribution is -2.20. The van der Waals surface area contributed by atoms with E-state index in [9.17, 15) is 10.2 Å². The standard InChI is InChI=1S/C17H19NO2/c1-11-13-7-8-18-10-15(12-5-3-2-4-6-12)14(13)9-16(19)17(11)20/h2-6,9,15,18-20H,7-8,10H2,1H3/t15-/m0/s1. The predicted molar refractivity (Wildman–Crippen MR) is 79.4 cm³/mol. The predicted octanol–water partition coefficient (Wildman–Crippen LogP) is 2.68. The molecule has 0 bridgehead atoms. The highest BCUT2D eigenvalue weighted by atomic mass is 16.3. The molecule has 0 saturated heterocycles. The van der Waals surface area contributed by atoms with E-state index in [-0.39, 0.29) is 17.4 Å². The number of benzene rings is 2. The van der Waals surface area contributed by atoms with Gasteiger partial charge in [0.1, 0.15) is 0 Å². The Hall–Kier alpha value is -2.00. The first kappa shape index (κ1) is 13.0. The van der Waals surface area contributed by atoms with Gasteiger partial charge < -0.3 is 15.5 Å². The Labute approximate surface area is 118 Å². The average molecular weight is 269 g/mol. The minimum Gasteiger partial charge on any atom is -0.504 e. The number of phenols is 2. The SMILES string of the molecule is Cc1c(O)c(O)cc2c1CCNC[C@H]2c1ccccc1. The Morgan fingerprint density at radius 1 is 1.15 bits per heavy atom. The van der Waals surface area contributed by atoms with Crippen LogP contribution in [0, 0.1) is 6.92 Å². The summed E-state index contributed by atoms with van der Waals surface area (Å²) in [4.78, 5) is 0. The van der Waals surface area contributed by atoms with Crippen molar-refractivity contribution in [3.63, 3.8) is 0 Å². The van der Waals surface area contributed by atoms with Crippen molar-refractivity contribution in [2.45, 2.75) is 19.3 Å². The molecule has 20 heavy (non-hydrogen) atoms. The summed E-state index contributed by atoms with van der Waals surface area (Å²) in [6.45, 7) is 3.61. The summed E-state index contributed by atoms with van der Waals surface area (Å²) in [5.41, 5.74) is 4.30. The fourth-order valence-corrected chi connectivity index (χ4v) is 3.05. The molecule has 0 saturated carbocycles. The number of aromatic hydroxyl groups is 2. The van der Waals surface area contributed by atoms with Gasteiger partial charge in [-0.1, -0.05) is 30.3 Å². The van der Waals surface area contributed by atoms with E-state index in [1.807, 2.05) is 25.1 Å². The van der Waals surface area contributed by atoms with Crippen LogP contribution in [0.15, 0.2) is 36.4 Å². The van der Waals surface area contributed by atoms with Crippen LogP contribution in [0.25, 0.3) is 0 Å². The van der Waals surface area contributed by atoms with Crippen LogP contribution in [0.2, 0.25) is 0 Å². The van der Waals surface area contributed by atoms with E-state index in [2.05, 4.69) is 17.4 Å². The second kappa shape index (κ2) is 5.17. The number of hydrogen-bond donors (Lipinski definition) is 3. The lowest BCUT2D eigenvalue weighted by Gasteiger charge is -2.20. The molecule has 3 rings (SSSR count). The molecule has 3 heteroatoms. The van der Waals surface area contributed by atoms with Gasteiger partial charge in [-0.25, -0.2) is 0 Å². The molecule has 3 nitrogen and oxygen atoms in total. The van der Waals surface area contributed by atoms with E-state index < -0.39 is 0 Å². The molecular weight excluding hydrogens is 250 g/mol. The van der Waals surface area contributed by atoms with Crippen molar-refractivity contribution in [2.75, 3.05) is 13.1 Å². The number of hydrogen-bond acceptors (Lipinski definition) is 3. The van der Waals surface area contributed by atoms with Crippen molar-refractivity contribution in [3.05, 3.63) is 58.7 Å². The fraction of sp³-hybridized carbons (Fsp3) is 0.294. The topological polar surface area (TPSA) is 52.5 Å². The van der Waals surface area contributed by atoms with Crippen molar-refractivity contribution in [2.24, 2.45) is 0 Å². The van der Waals surface area contributed by atoms with Crippen molar-refractivity contribution < 1.29 is 10.2 Å². The molecule has 2 aromatic carbocycles. The number of nitrogens with one attached hydrogen (secondary N) is 1. The maximum absolute atomic E-state index is 9.94. The zero-order valence-corrected chi connectivity index (χ0v) is 11.6. The molecule has 0 fully saturated rings. The molecule has 1 aliphatic heterocycles. The highest BCUT2D eigenvalue weighted by Gasteiger charge is 2.24. The summed E-state index contributed by atoms with van der Waals surface area (Å²) in [5.74, 6) is 0.195. The van der Waals surface area contributed by atoms with E-state index >= 15 is 0 Å². The molecule has 0 spiro atoms. The highest BCUT2D eigenvalue weighted by Crippen LogP contribution is 2.39. The minimum atomic E-state index is -0.0240. The molecule has 1 aliphatic rings. The van der Waals surface area contributed by atoms with E-state index in [1.54, 1.807) is 6.07 Å². The molecule has 1 heterocycles. The molecule has 0 unspecified atom stereocenters. The van der Waals surface area contributed by atoms with Crippen molar-refractivity contribution in [3.8, 4) is 11.5 Å². The molecule has 0 aromatic heterocycles. The Morgan fingerprint density at radius 2 is 1.90 bits per heavy atom. The van der Waals surface area contributed by atoms with Crippen molar-refractivity contribution >= 4 is 0 Å². The first-order chi connectivity index (χ1) is 9.68. The smallest absolute Gasteiger partial charge is 0.160 e. The van der Waals surface area contributed by atoms with Crippen molar-refractivity contribution in [1.82, 2.24) is 5.32 Å². The van der Waals surface area contributed by atoms with Crippen LogP contribution >= 0.6 is 0 Å². The van der Waals surface area contributed by atoms with Gasteiger partial charge in [0.2, 0.25) is 0 Å². The van der Waals surface area contributed by atoms with Gasteiger partial charge in [0.25, 0.3) is 0 Å². The second-order valence-electron chi connectivity index (χ2n) is 5.35. The Kier molecular flexibility index (Phi) is 3.36. The van der Waals surface area contributed by atoms with E-state index in [4.69, 9.17) is 0 Å². The van der Waals surface area contributed by atoms with Crippen LogP contribution in [0.3, 0.4) is 0 Å².